The number of esters is 1. The first-order valence-electron chi connectivity index (χ1n) is 8.89. The number of rotatable bonds is 3. The summed E-state index contributed by atoms with van der Waals surface area (Å²) in [7, 11) is 0. The zero-order valence-electron chi connectivity index (χ0n) is 15.6. The number of Topliss-reactive ketones (excluding diaryl/α,β-unsaturated/α-hetero) is 1. The van der Waals surface area contributed by atoms with Gasteiger partial charge in [-0.25, -0.2) is 9.18 Å². The van der Waals surface area contributed by atoms with Crippen LogP contribution in [0, 0.1) is 17.2 Å². The van der Waals surface area contributed by atoms with E-state index in [1.165, 1.54) is 12.1 Å². The number of hydrogen-bond acceptors (Lipinski definition) is 4. The SMILES string of the molecule is CCOC(=O)C1=C(C)NC2=CC(C)(C)CC(=O)C2C1c1ccc(F)cc1. The summed E-state index contributed by atoms with van der Waals surface area (Å²) in [5.41, 5.74) is 2.41. The minimum absolute atomic E-state index is 0.0728. The molecule has 0 bridgehead atoms. The number of carbonyl (C=O) groups excluding carboxylic acids is 2. The Hall–Kier alpha value is -2.43. The van der Waals surface area contributed by atoms with Crippen LogP contribution in [0.15, 0.2) is 47.3 Å². The van der Waals surface area contributed by atoms with Crippen LogP contribution in [0.1, 0.15) is 45.6 Å². The third kappa shape index (κ3) is 3.30. The van der Waals surface area contributed by atoms with E-state index in [9.17, 15) is 14.0 Å². The van der Waals surface area contributed by atoms with E-state index in [4.69, 9.17) is 4.74 Å². The Morgan fingerprint density at radius 1 is 1.27 bits per heavy atom. The third-order valence-electron chi connectivity index (χ3n) is 4.96. The number of halogens is 1. The van der Waals surface area contributed by atoms with Crippen molar-refractivity contribution in [2.45, 2.75) is 40.0 Å². The van der Waals surface area contributed by atoms with Crippen molar-refractivity contribution in [3.8, 4) is 0 Å². The second kappa shape index (κ2) is 6.71. The predicted molar refractivity (Wildman–Crippen MR) is 96.6 cm³/mol. The van der Waals surface area contributed by atoms with Crippen LogP contribution < -0.4 is 5.32 Å². The Morgan fingerprint density at radius 2 is 1.92 bits per heavy atom. The van der Waals surface area contributed by atoms with Crippen LogP contribution in [0.2, 0.25) is 0 Å². The number of fused-ring (bicyclic) bond motifs is 1. The molecule has 3 rings (SSSR count). The van der Waals surface area contributed by atoms with E-state index in [1.54, 1.807) is 19.1 Å². The lowest BCUT2D eigenvalue weighted by molar-refractivity contribution is -0.139. The first-order valence-corrected chi connectivity index (χ1v) is 8.89. The van der Waals surface area contributed by atoms with Gasteiger partial charge in [-0.05, 0) is 37.0 Å². The predicted octanol–water partition coefficient (Wildman–Crippen LogP) is 3.85. The third-order valence-corrected chi connectivity index (χ3v) is 4.96. The Labute approximate surface area is 153 Å². The second-order valence-corrected chi connectivity index (χ2v) is 7.62. The van der Waals surface area contributed by atoms with Gasteiger partial charge in [-0.1, -0.05) is 32.1 Å². The monoisotopic (exact) mass is 357 g/mol. The van der Waals surface area contributed by atoms with Crippen LogP contribution in [0.4, 0.5) is 4.39 Å². The van der Waals surface area contributed by atoms with Crippen molar-refractivity contribution in [2.24, 2.45) is 11.3 Å². The molecule has 1 aliphatic carbocycles. The lowest BCUT2D eigenvalue weighted by Gasteiger charge is -2.41. The van der Waals surface area contributed by atoms with E-state index in [0.29, 0.717) is 17.7 Å². The van der Waals surface area contributed by atoms with E-state index in [1.807, 2.05) is 20.8 Å². The van der Waals surface area contributed by atoms with Crippen LogP contribution in [0.5, 0.6) is 0 Å². The summed E-state index contributed by atoms with van der Waals surface area (Å²) in [5, 5.41) is 3.25. The molecule has 0 fully saturated rings. The standard InChI is InChI=1S/C21H24FNO3/c1-5-26-20(25)17-12(2)23-15-10-21(3,4)11-16(24)19(15)18(17)13-6-8-14(22)9-7-13/h6-10,18-19,23H,5,11H2,1-4H3. The molecule has 0 aromatic heterocycles. The summed E-state index contributed by atoms with van der Waals surface area (Å²) in [5.74, 6) is -1.69. The van der Waals surface area contributed by atoms with Crippen molar-refractivity contribution in [1.29, 1.82) is 0 Å². The molecule has 1 aromatic carbocycles. The average molecular weight is 357 g/mol. The Morgan fingerprint density at radius 3 is 2.54 bits per heavy atom. The topological polar surface area (TPSA) is 55.4 Å². The van der Waals surface area contributed by atoms with E-state index >= 15 is 0 Å². The molecule has 26 heavy (non-hydrogen) atoms. The van der Waals surface area contributed by atoms with E-state index in [-0.39, 0.29) is 23.6 Å². The Bertz CT molecular complexity index is 805. The maximum Gasteiger partial charge on any atom is 0.336 e. The molecule has 0 radical (unpaired) electrons. The molecule has 1 N–H and O–H groups in total. The lowest BCUT2D eigenvalue weighted by Crippen LogP contribution is -2.43. The zero-order chi connectivity index (χ0) is 19.1. The fraction of sp³-hybridized carbons (Fsp3) is 0.429. The van der Waals surface area contributed by atoms with Gasteiger partial charge in [0.2, 0.25) is 0 Å². The second-order valence-electron chi connectivity index (χ2n) is 7.62. The first kappa shape index (κ1) is 18.4. The molecule has 5 heteroatoms. The molecule has 0 amide bonds. The highest BCUT2D eigenvalue weighted by Gasteiger charge is 2.46. The summed E-state index contributed by atoms with van der Waals surface area (Å²) in [4.78, 5) is 25.6. The molecular weight excluding hydrogens is 333 g/mol. The van der Waals surface area contributed by atoms with Crippen molar-refractivity contribution < 1.29 is 18.7 Å². The molecule has 1 heterocycles. The number of hydrogen-bond donors (Lipinski definition) is 1. The summed E-state index contributed by atoms with van der Waals surface area (Å²) in [6, 6.07) is 6.00. The van der Waals surface area contributed by atoms with E-state index in [2.05, 4.69) is 11.4 Å². The van der Waals surface area contributed by atoms with E-state index < -0.39 is 17.8 Å². The largest absolute Gasteiger partial charge is 0.463 e. The lowest BCUT2D eigenvalue weighted by atomic mass is 9.66. The number of ketones is 1. The minimum atomic E-state index is -0.489. The summed E-state index contributed by atoms with van der Waals surface area (Å²) in [6.07, 6.45) is 2.47. The minimum Gasteiger partial charge on any atom is -0.463 e. The van der Waals surface area contributed by atoms with Gasteiger partial charge in [-0.15, -0.1) is 0 Å². The van der Waals surface area contributed by atoms with Crippen molar-refractivity contribution in [3.63, 3.8) is 0 Å². The van der Waals surface area contributed by atoms with Gasteiger partial charge in [-0.2, -0.15) is 0 Å². The molecule has 2 unspecified atom stereocenters. The maximum atomic E-state index is 13.4. The molecule has 0 saturated heterocycles. The van der Waals surface area contributed by atoms with E-state index in [0.717, 1.165) is 11.3 Å². The molecule has 1 aromatic rings. The maximum absolute atomic E-state index is 13.4. The highest BCUT2D eigenvalue weighted by atomic mass is 19.1. The first-order chi connectivity index (χ1) is 12.2. The molecule has 138 valence electrons. The van der Waals surface area contributed by atoms with Gasteiger partial charge in [0.15, 0.2) is 0 Å². The normalized spacial score (nSPS) is 24.5. The van der Waals surface area contributed by atoms with Gasteiger partial charge in [0.05, 0.1) is 18.1 Å². The Balaban J connectivity index is 2.18. The number of allylic oxidation sites excluding steroid dienone is 3. The van der Waals surface area contributed by atoms with Gasteiger partial charge in [0.1, 0.15) is 11.6 Å². The molecule has 0 spiro atoms. The Kier molecular flexibility index (Phi) is 4.74. The molecular formula is C21H24FNO3. The number of carbonyl (C=O) groups is 2. The number of benzene rings is 1. The van der Waals surface area contributed by atoms with Crippen LogP contribution in [-0.4, -0.2) is 18.4 Å². The zero-order valence-corrected chi connectivity index (χ0v) is 15.6. The number of ether oxygens (including phenoxy) is 1. The van der Waals surface area contributed by atoms with Crippen molar-refractivity contribution in [3.05, 3.63) is 58.7 Å². The molecule has 0 saturated carbocycles. The van der Waals surface area contributed by atoms with Crippen LogP contribution in [0.25, 0.3) is 0 Å². The van der Waals surface area contributed by atoms with Crippen LogP contribution >= 0.6 is 0 Å². The average Bonchev–Trinajstić information content (AvgIpc) is 2.53. The smallest absolute Gasteiger partial charge is 0.336 e. The highest BCUT2D eigenvalue weighted by Crippen LogP contribution is 2.46. The van der Waals surface area contributed by atoms with Crippen molar-refractivity contribution in [1.82, 2.24) is 5.32 Å². The highest BCUT2D eigenvalue weighted by molar-refractivity contribution is 5.96. The number of nitrogens with one attached hydrogen (secondary N) is 1. The molecule has 1 aliphatic heterocycles. The molecule has 4 nitrogen and oxygen atoms in total. The summed E-state index contributed by atoms with van der Waals surface area (Å²) in [6.45, 7) is 7.84. The van der Waals surface area contributed by atoms with Crippen LogP contribution in [0.3, 0.4) is 0 Å². The van der Waals surface area contributed by atoms with Gasteiger partial charge >= 0.3 is 5.97 Å². The van der Waals surface area contributed by atoms with Gasteiger partial charge in [0.25, 0.3) is 0 Å². The van der Waals surface area contributed by atoms with Crippen molar-refractivity contribution >= 4 is 11.8 Å². The quantitative estimate of drug-likeness (QED) is 0.835. The van der Waals surface area contributed by atoms with Gasteiger partial charge < -0.3 is 10.1 Å². The van der Waals surface area contributed by atoms with Crippen LogP contribution in [-0.2, 0) is 14.3 Å². The van der Waals surface area contributed by atoms with Gasteiger partial charge in [-0.3, -0.25) is 4.79 Å². The van der Waals surface area contributed by atoms with Crippen molar-refractivity contribution in [2.75, 3.05) is 6.61 Å². The fourth-order valence-electron chi connectivity index (χ4n) is 3.98. The summed E-state index contributed by atoms with van der Waals surface area (Å²) >= 11 is 0. The molecule has 2 aliphatic rings. The fourth-order valence-corrected chi connectivity index (χ4v) is 3.98. The van der Waals surface area contributed by atoms with Gasteiger partial charge in [0, 0.05) is 23.7 Å². The molecule has 2 atom stereocenters. The summed E-state index contributed by atoms with van der Waals surface area (Å²) < 4.78 is 18.7.